The third kappa shape index (κ3) is 4.94. The summed E-state index contributed by atoms with van der Waals surface area (Å²) >= 11 is 0. The van der Waals surface area contributed by atoms with Crippen LogP contribution in [0.3, 0.4) is 0 Å². The van der Waals surface area contributed by atoms with Crippen molar-refractivity contribution in [1.29, 1.82) is 0 Å². The molecule has 0 saturated heterocycles. The highest BCUT2D eigenvalue weighted by Gasteiger charge is 2.10. The van der Waals surface area contributed by atoms with Gasteiger partial charge in [0.05, 0.1) is 6.04 Å². The van der Waals surface area contributed by atoms with E-state index >= 15 is 0 Å². The number of ether oxygens (including phenoxy) is 1. The van der Waals surface area contributed by atoms with Gasteiger partial charge in [-0.1, -0.05) is 42.5 Å². The lowest BCUT2D eigenvalue weighted by molar-refractivity contribution is -0.109. The van der Waals surface area contributed by atoms with Gasteiger partial charge in [0.2, 0.25) is 0 Å². The molecule has 0 aliphatic carbocycles. The normalized spacial score (nSPS) is 11.5. The van der Waals surface area contributed by atoms with Crippen molar-refractivity contribution in [2.24, 2.45) is 0 Å². The van der Waals surface area contributed by atoms with Crippen molar-refractivity contribution in [3.8, 4) is 5.75 Å². The van der Waals surface area contributed by atoms with Crippen molar-refractivity contribution in [2.45, 2.75) is 19.1 Å². The Morgan fingerprint density at radius 2 is 1.77 bits per heavy atom. The molecule has 0 fully saturated rings. The van der Waals surface area contributed by atoms with Gasteiger partial charge in [0.25, 0.3) is 0 Å². The second-order valence-corrected chi connectivity index (χ2v) is 4.81. The van der Waals surface area contributed by atoms with E-state index in [4.69, 9.17) is 9.84 Å². The standard InChI is InChI=1S/C17H17NO4/c19-11-15(18-17(20)21)10-13-6-8-16(9-7-13)22-12-14-4-2-1-3-5-14/h1-9,11,15,18H,10,12H2,(H,20,21). The van der Waals surface area contributed by atoms with Gasteiger partial charge < -0.3 is 20.0 Å². The van der Waals surface area contributed by atoms with Gasteiger partial charge in [-0.05, 0) is 29.7 Å². The van der Waals surface area contributed by atoms with Gasteiger partial charge in [0, 0.05) is 0 Å². The van der Waals surface area contributed by atoms with Crippen LogP contribution in [0.4, 0.5) is 4.79 Å². The van der Waals surface area contributed by atoms with E-state index in [1.807, 2.05) is 42.5 Å². The topological polar surface area (TPSA) is 75.6 Å². The Morgan fingerprint density at radius 3 is 2.36 bits per heavy atom. The van der Waals surface area contributed by atoms with Crippen molar-refractivity contribution in [3.63, 3.8) is 0 Å². The lowest BCUT2D eigenvalue weighted by Gasteiger charge is -2.11. The molecule has 0 heterocycles. The average Bonchev–Trinajstić information content (AvgIpc) is 2.54. The van der Waals surface area contributed by atoms with Crippen LogP contribution in [0, 0.1) is 0 Å². The summed E-state index contributed by atoms with van der Waals surface area (Å²) in [5.41, 5.74) is 1.94. The number of aldehydes is 1. The van der Waals surface area contributed by atoms with E-state index in [0.29, 0.717) is 19.3 Å². The summed E-state index contributed by atoms with van der Waals surface area (Å²) in [5.74, 6) is 0.724. The van der Waals surface area contributed by atoms with E-state index in [1.54, 1.807) is 12.1 Å². The van der Waals surface area contributed by atoms with Gasteiger partial charge in [-0.25, -0.2) is 4.79 Å². The summed E-state index contributed by atoms with van der Waals surface area (Å²) in [7, 11) is 0. The van der Waals surface area contributed by atoms with E-state index < -0.39 is 12.1 Å². The van der Waals surface area contributed by atoms with Crippen molar-refractivity contribution in [2.75, 3.05) is 0 Å². The molecule has 1 amide bonds. The van der Waals surface area contributed by atoms with Crippen LogP contribution in [-0.4, -0.2) is 23.5 Å². The fraction of sp³-hybridized carbons (Fsp3) is 0.176. The Hall–Kier alpha value is -2.82. The molecule has 2 aromatic carbocycles. The zero-order valence-corrected chi connectivity index (χ0v) is 11.9. The minimum Gasteiger partial charge on any atom is -0.489 e. The van der Waals surface area contributed by atoms with E-state index in [-0.39, 0.29) is 0 Å². The number of benzene rings is 2. The summed E-state index contributed by atoms with van der Waals surface area (Å²) in [6.45, 7) is 0.484. The van der Waals surface area contributed by atoms with Gasteiger partial charge in [0.15, 0.2) is 0 Å². The molecule has 5 heteroatoms. The number of rotatable bonds is 7. The maximum atomic E-state index is 10.8. The maximum Gasteiger partial charge on any atom is 0.405 e. The van der Waals surface area contributed by atoms with Crippen molar-refractivity contribution in [3.05, 3.63) is 65.7 Å². The first-order valence-corrected chi connectivity index (χ1v) is 6.88. The Labute approximate surface area is 128 Å². The molecule has 0 aliphatic heterocycles. The minimum absolute atomic E-state index is 0.314. The number of hydrogen-bond donors (Lipinski definition) is 2. The van der Waals surface area contributed by atoms with Crippen molar-refractivity contribution < 1.29 is 19.4 Å². The van der Waals surface area contributed by atoms with E-state index in [1.165, 1.54) is 0 Å². The molecule has 1 atom stereocenters. The molecule has 2 N–H and O–H groups in total. The van der Waals surface area contributed by atoms with Crippen LogP contribution in [0.5, 0.6) is 5.75 Å². The van der Waals surface area contributed by atoms with Crippen LogP contribution in [0.2, 0.25) is 0 Å². The molecule has 22 heavy (non-hydrogen) atoms. The minimum atomic E-state index is -1.21. The fourth-order valence-electron chi connectivity index (χ4n) is 2.01. The first-order chi connectivity index (χ1) is 10.7. The predicted octanol–water partition coefficient (Wildman–Crippen LogP) is 2.64. The molecular formula is C17H17NO4. The molecule has 2 aromatic rings. The number of carbonyl (C=O) groups excluding carboxylic acids is 1. The predicted molar refractivity (Wildman–Crippen MR) is 81.9 cm³/mol. The molecule has 0 aliphatic rings. The van der Waals surface area contributed by atoms with Gasteiger partial charge in [-0.15, -0.1) is 0 Å². The molecule has 0 radical (unpaired) electrons. The number of nitrogens with one attached hydrogen (secondary N) is 1. The van der Waals surface area contributed by atoms with Crippen LogP contribution >= 0.6 is 0 Å². The first kappa shape index (κ1) is 15.6. The lowest BCUT2D eigenvalue weighted by atomic mass is 10.1. The van der Waals surface area contributed by atoms with Crippen LogP contribution < -0.4 is 10.1 Å². The van der Waals surface area contributed by atoms with E-state index in [0.717, 1.165) is 16.9 Å². The molecule has 114 valence electrons. The lowest BCUT2D eigenvalue weighted by Crippen LogP contribution is -2.36. The third-order valence-corrected chi connectivity index (χ3v) is 3.10. The molecule has 0 saturated carbocycles. The quantitative estimate of drug-likeness (QED) is 0.771. The zero-order chi connectivity index (χ0) is 15.8. The van der Waals surface area contributed by atoms with E-state index in [2.05, 4.69) is 5.32 Å². The number of carboxylic acid groups (broad SMARTS) is 1. The van der Waals surface area contributed by atoms with Crippen molar-refractivity contribution >= 4 is 12.4 Å². The summed E-state index contributed by atoms with van der Waals surface area (Å²) in [6, 6.07) is 16.3. The summed E-state index contributed by atoms with van der Waals surface area (Å²) in [6.07, 6.45) is -0.303. The molecule has 5 nitrogen and oxygen atoms in total. The highest BCUT2D eigenvalue weighted by atomic mass is 16.5. The monoisotopic (exact) mass is 299 g/mol. The first-order valence-electron chi connectivity index (χ1n) is 6.88. The van der Waals surface area contributed by atoms with Gasteiger partial charge in [0.1, 0.15) is 18.6 Å². The van der Waals surface area contributed by atoms with Crippen LogP contribution in [0.15, 0.2) is 54.6 Å². The average molecular weight is 299 g/mol. The largest absolute Gasteiger partial charge is 0.489 e. The number of carbonyl (C=O) groups is 2. The SMILES string of the molecule is O=CC(Cc1ccc(OCc2ccccc2)cc1)NC(=O)O. The van der Waals surface area contributed by atoms with Gasteiger partial charge in [-0.3, -0.25) is 0 Å². The highest BCUT2D eigenvalue weighted by Crippen LogP contribution is 2.15. The van der Waals surface area contributed by atoms with Crippen LogP contribution in [0.1, 0.15) is 11.1 Å². The zero-order valence-electron chi connectivity index (χ0n) is 11.9. The Kier molecular flexibility index (Phi) is 5.54. The van der Waals surface area contributed by atoms with E-state index in [9.17, 15) is 9.59 Å². The fourth-order valence-corrected chi connectivity index (χ4v) is 2.01. The third-order valence-electron chi connectivity index (χ3n) is 3.10. The van der Waals surface area contributed by atoms with Crippen LogP contribution in [0.25, 0.3) is 0 Å². The maximum absolute atomic E-state index is 10.8. The summed E-state index contributed by atoms with van der Waals surface area (Å²) in [5, 5.41) is 10.8. The second kappa shape index (κ2) is 7.83. The van der Waals surface area contributed by atoms with Crippen molar-refractivity contribution in [1.82, 2.24) is 5.32 Å². The summed E-state index contributed by atoms with van der Waals surface area (Å²) < 4.78 is 5.66. The second-order valence-electron chi connectivity index (χ2n) is 4.81. The molecule has 2 rings (SSSR count). The number of hydrogen-bond acceptors (Lipinski definition) is 3. The van der Waals surface area contributed by atoms with Crippen LogP contribution in [-0.2, 0) is 17.8 Å². The Bertz CT molecular complexity index is 610. The molecule has 0 bridgehead atoms. The Balaban J connectivity index is 1.89. The number of amides is 1. The van der Waals surface area contributed by atoms with Gasteiger partial charge in [-0.2, -0.15) is 0 Å². The molecule has 0 aromatic heterocycles. The smallest absolute Gasteiger partial charge is 0.405 e. The highest BCUT2D eigenvalue weighted by molar-refractivity contribution is 5.71. The molecule has 1 unspecified atom stereocenters. The van der Waals surface area contributed by atoms with Gasteiger partial charge >= 0.3 is 6.09 Å². The molecular weight excluding hydrogens is 282 g/mol. The Morgan fingerprint density at radius 1 is 1.09 bits per heavy atom. The molecule has 0 spiro atoms. The summed E-state index contributed by atoms with van der Waals surface area (Å²) in [4.78, 5) is 21.4.